The number of aromatic amines is 1. The maximum absolute atomic E-state index is 14.5. The average Bonchev–Trinajstić information content (AvgIpc) is 3.03. The van der Waals surface area contributed by atoms with Gasteiger partial charge in [-0.2, -0.15) is 5.26 Å². The summed E-state index contributed by atoms with van der Waals surface area (Å²) in [6, 6.07) is 5.77. The summed E-state index contributed by atoms with van der Waals surface area (Å²) in [6.45, 7) is 5.73. The van der Waals surface area contributed by atoms with E-state index in [4.69, 9.17) is 5.26 Å². The Balaban J connectivity index is 2.13. The summed E-state index contributed by atoms with van der Waals surface area (Å²) in [7, 11) is 0. The van der Waals surface area contributed by atoms with E-state index in [1.54, 1.807) is 18.4 Å². The second-order valence-electron chi connectivity index (χ2n) is 6.12. The molecular formula is C18H14FN3O. The van der Waals surface area contributed by atoms with Gasteiger partial charge in [-0.15, -0.1) is 0 Å². The number of nitrogens with zero attached hydrogens (tertiary/aromatic N) is 2. The molecule has 3 heterocycles. The number of halogens is 1. The molecule has 0 spiro atoms. The predicted octanol–water partition coefficient (Wildman–Crippen LogP) is 3.29. The molecule has 1 aliphatic heterocycles. The normalized spacial score (nSPS) is 12.3. The van der Waals surface area contributed by atoms with Gasteiger partial charge in [-0.3, -0.25) is 4.79 Å². The van der Waals surface area contributed by atoms with E-state index >= 15 is 0 Å². The van der Waals surface area contributed by atoms with Crippen LogP contribution in [0.2, 0.25) is 0 Å². The number of fused-ring (bicyclic) bond motifs is 5. The van der Waals surface area contributed by atoms with Crippen LogP contribution >= 0.6 is 0 Å². The fourth-order valence-corrected chi connectivity index (χ4v) is 3.41. The molecule has 0 radical (unpaired) electrons. The number of benzene rings is 1. The first-order chi connectivity index (χ1) is 10.9. The van der Waals surface area contributed by atoms with E-state index < -0.39 is 0 Å². The molecule has 0 atom stereocenters. The van der Waals surface area contributed by atoms with Crippen molar-refractivity contribution in [1.82, 2.24) is 9.55 Å². The highest BCUT2D eigenvalue weighted by atomic mass is 19.1. The lowest BCUT2D eigenvalue weighted by molar-refractivity contribution is 0.626. The Labute approximate surface area is 131 Å². The molecule has 114 valence electrons. The Hall–Kier alpha value is -2.87. The van der Waals surface area contributed by atoms with E-state index in [-0.39, 0.29) is 16.9 Å². The Morgan fingerprint density at radius 2 is 2.00 bits per heavy atom. The first-order valence-electron chi connectivity index (χ1n) is 7.39. The van der Waals surface area contributed by atoms with Crippen molar-refractivity contribution in [3.05, 3.63) is 56.3 Å². The summed E-state index contributed by atoms with van der Waals surface area (Å²) in [5.74, 6) is -0.242. The van der Waals surface area contributed by atoms with Gasteiger partial charge in [0.15, 0.2) is 0 Å². The summed E-state index contributed by atoms with van der Waals surface area (Å²) >= 11 is 0. The molecular weight excluding hydrogens is 293 g/mol. The third-order valence-electron chi connectivity index (χ3n) is 4.80. The van der Waals surface area contributed by atoms with Crippen LogP contribution in [0, 0.1) is 37.9 Å². The zero-order valence-corrected chi connectivity index (χ0v) is 13.0. The van der Waals surface area contributed by atoms with Gasteiger partial charge in [-0.1, -0.05) is 0 Å². The van der Waals surface area contributed by atoms with E-state index in [1.807, 2.05) is 25.1 Å². The van der Waals surface area contributed by atoms with Gasteiger partial charge in [0, 0.05) is 16.6 Å². The molecule has 0 saturated heterocycles. The topological polar surface area (TPSA) is 61.6 Å². The van der Waals surface area contributed by atoms with E-state index in [0.717, 1.165) is 27.9 Å². The summed E-state index contributed by atoms with van der Waals surface area (Å²) in [5, 5.41) is 9.94. The molecule has 1 aliphatic rings. The minimum absolute atomic E-state index is 0.168. The number of H-pyrrole nitrogens is 1. The maximum Gasteiger partial charge on any atom is 0.269 e. The number of nitrogens with one attached hydrogen (secondary N) is 1. The summed E-state index contributed by atoms with van der Waals surface area (Å²) < 4.78 is 16.1. The third kappa shape index (κ3) is 1.61. The van der Waals surface area contributed by atoms with E-state index in [9.17, 15) is 9.18 Å². The number of hydrogen-bond donors (Lipinski definition) is 1. The highest BCUT2D eigenvalue weighted by Crippen LogP contribution is 2.39. The van der Waals surface area contributed by atoms with Crippen molar-refractivity contribution < 1.29 is 4.39 Å². The fraction of sp³-hybridized carbons (Fsp3) is 0.222. The second-order valence-corrected chi connectivity index (χ2v) is 6.12. The zero-order valence-electron chi connectivity index (χ0n) is 13.0. The first-order valence-corrected chi connectivity index (χ1v) is 7.39. The lowest BCUT2D eigenvalue weighted by Crippen LogP contribution is -2.22. The molecule has 3 aromatic rings. The molecule has 1 aromatic carbocycles. The van der Waals surface area contributed by atoms with Crippen molar-refractivity contribution in [1.29, 1.82) is 5.26 Å². The van der Waals surface area contributed by atoms with E-state index in [0.29, 0.717) is 23.2 Å². The highest BCUT2D eigenvalue weighted by molar-refractivity contribution is 5.99. The smallest absolute Gasteiger partial charge is 0.269 e. The monoisotopic (exact) mass is 307 g/mol. The molecule has 23 heavy (non-hydrogen) atoms. The Kier molecular flexibility index (Phi) is 2.59. The number of aromatic nitrogens is 2. The number of pyridine rings is 1. The molecule has 4 nitrogen and oxygen atoms in total. The van der Waals surface area contributed by atoms with Crippen molar-refractivity contribution >= 4 is 10.9 Å². The van der Waals surface area contributed by atoms with Crippen LogP contribution in [0.15, 0.2) is 16.9 Å². The van der Waals surface area contributed by atoms with Crippen LogP contribution in [-0.2, 0) is 6.54 Å². The highest BCUT2D eigenvalue weighted by Gasteiger charge is 2.27. The quantitative estimate of drug-likeness (QED) is 0.542. The van der Waals surface area contributed by atoms with Gasteiger partial charge in [-0.05, 0) is 49.6 Å². The summed E-state index contributed by atoms with van der Waals surface area (Å²) in [4.78, 5) is 15.6. The average molecular weight is 307 g/mol. The molecule has 4 rings (SSSR count). The molecule has 0 unspecified atom stereocenters. The number of hydrogen-bond acceptors (Lipinski definition) is 2. The van der Waals surface area contributed by atoms with Gasteiger partial charge in [0.25, 0.3) is 5.56 Å². The Morgan fingerprint density at radius 3 is 2.70 bits per heavy atom. The SMILES string of the molecule is Cc1cc2c3c([nH]c2c(F)c1C)Cn1c-3cc(C)c(C#N)c1=O. The maximum atomic E-state index is 14.5. The van der Waals surface area contributed by atoms with Crippen LogP contribution in [0.4, 0.5) is 4.39 Å². The first kappa shape index (κ1) is 13.8. The molecule has 0 bridgehead atoms. The van der Waals surface area contributed by atoms with Crippen molar-refractivity contribution in [2.75, 3.05) is 0 Å². The molecule has 0 amide bonds. The van der Waals surface area contributed by atoms with Gasteiger partial charge < -0.3 is 9.55 Å². The minimum atomic E-state index is -0.287. The van der Waals surface area contributed by atoms with Crippen LogP contribution in [0.5, 0.6) is 0 Å². The lowest BCUT2D eigenvalue weighted by Gasteiger charge is -2.09. The summed E-state index contributed by atoms with van der Waals surface area (Å²) in [5.41, 5.74) is 4.95. The fourth-order valence-electron chi connectivity index (χ4n) is 3.41. The van der Waals surface area contributed by atoms with Crippen LogP contribution in [-0.4, -0.2) is 9.55 Å². The second kappa shape index (κ2) is 4.32. The summed E-state index contributed by atoms with van der Waals surface area (Å²) in [6.07, 6.45) is 0. The number of rotatable bonds is 0. The molecule has 5 heteroatoms. The van der Waals surface area contributed by atoms with E-state index in [2.05, 4.69) is 4.98 Å². The van der Waals surface area contributed by atoms with Gasteiger partial charge in [-0.25, -0.2) is 4.39 Å². The van der Waals surface area contributed by atoms with Gasteiger partial charge in [0.1, 0.15) is 17.4 Å². The zero-order chi connectivity index (χ0) is 16.5. The van der Waals surface area contributed by atoms with Crippen molar-refractivity contribution in [3.63, 3.8) is 0 Å². The lowest BCUT2D eigenvalue weighted by atomic mass is 10.0. The van der Waals surface area contributed by atoms with Crippen molar-refractivity contribution in [3.8, 4) is 17.3 Å². The largest absolute Gasteiger partial charge is 0.354 e. The van der Waals surface area contributed by atoms with Crippen LogP contribution in [0.25, 0.3) is 22.2 Å². The van der Waals surface area contributed by atoms with E-state index in [1.165, 1.54) is 0 Å². The van der Waals surface area contributed by atoms with Crippen LogP contribution < -0.4 is 5.56 Å². The number of nitriles is 1. The predicted molar refractivity (Wildman–Crippen MR) is 86.0 cm³/mol. The molecule has 0 saturated carbocycles. The van der Waals surface area contributed by atoms with Crippen LogP contribution in [0.1, 0.15) is 27.9 Å². The Bertz CT molecular complexity index is 1110. The third-order valence-corrected chi connectivity index (χ3v) is 4.80. The van der Waals surface area contributed by atoms with Crippen molar-refractivity contribution in [2.45, 2.75) is 27.3 Å². The van der Waals surface area contributed by atoms with Crippen LogP contribution in [0.3, 0.4) is 0 Å². The van der Waals surface area contributed by atoms with Gasteiger partial charge in [0.05, 0.1) is 17.8 Å². The molecule has 0 aliphatic carbocycles. The van der Waals surface area contributed by atoms with Crippen molar-refractivity contribution in [2.24, 2.45) is 0 Å². The standard InChI is InChI=1S/C18H14FN3O/c1-8-4-11-15-13(21-17(11)16(19)10(8)3)7-22-14(15)5-9(2)12(6-20)18(22)23/h4-5,21H,7H2,1-3H3. The Morgan fingerprint density at radius 1 is 1.26 bits per heavy atom. The minimum Gasteiger partial charge on any atom is -0.354 e. The van der Waals surface area contributed by atoms with Gasteiger partial charge in [0.2, 0.25) is 0 Å². The molecule has 0 fully saturated rings. The molecule has 2 aromatic heterocycles. The van der Waals surface area contributed by atoms with Gasteiger partial charge >= 0.3 is 0 Å². The molecule has 1 N–H and O–H groups in total. The number of aryl methyl sites for hydroxylation is 2.